The fourth-order valence-corrected chi connectivity index (χ4v) is 7.30. The molecule has 0 aliphatic rings. The molecule has 0 saturated carbocycles. The Balaban J connectivity index is 1.42. The first kappa shape index (κ1) is 32.5. The normalized spacial score (nSPS) is 11.0. The summed E-state index contributed by atoms with van der Waals surface area (Å²) in [6, 6.07) is 49.3. The van der Waals surface area contributed by atoms with Crippen LogP contribution in [0.5, 0.6) is 0 Å². The molecular weight excluding hydrogens is 609 g/mol. The van der Waals surface area contributed by atoms with E-state index in [4.69, 9.17) is 4.98 Å². The zero-order valence-electron chi connectivity index (χ0n) is 29.6. The lowest BCUT2D eigenvalue weighted by atomic mass is 9.98. The summed E-state index contributed by atoms with van der Waals surface area (Å²) in [6.07, 6.45) is 1.85. The average Bonchev–Trinajstić information content (AvgIpc) is 3.12. The zero-order chi connectivity index (χ0) is 34.8. The van der Waals surface area contributed by atoms with Gasteiger partial charge in [0.25, 0.3) is 0 Å². The Kier molecular flexibility index (Phi) is 9.02. The van der Waals surface area contributed by atoms with Gasteiger partial charge in [-0.05, 0) is 106 Å². The molecule has 0 atom stereocenters. The van der Waals surface area contributed by atoms with E-state index < -0.39 is 0 Å². The van der Waals surface area contributed by atoms with E-state index in [1.54, 1.807) is 0 Å². The molecule has 0 bridgehead atoms. The molecule has 0 unspecified atom stereocenters. The van der Waals surface area contributed by atoms with Crippen LogP contribution in [0, 0.1) is 41.5 Å². The molecule has 0 aliphatic heterocycles. The fraction of sp³-hybridized carbons (Fsp3) is 0.130. The minimum atomic E-state index is 0.684. The van der Waals surface area contributed by atoms with Gasteiger partial charge in [0.15, 0.2) is 5.82 Å². The lowest BCUT2D eigenvalue weighted by Crippen LogP contribution is -2.17. The summed E-state index contributed by atoms with van der Waals surface area (Å²) in [7, 11) is 0. The summed E-state index contributed by atoms with van der Waals surface area (Å²) in [4.78, 5) is 14.5. The third kappa shape index (κ3) is 6.40. The van der Waals surface area contributed by atoms with E-state index in [1.165, 1.54) is 44.8 Å². The third-order valence-corrected chi connectivity index (χ3v) is 9.22. The fourth-order valence-electron chi connectivity index (χ4n) is 7.30. The van der Waals surface area contributed by atoms with Crippen LogP contribution in [-0.2, 0) is 0 Å². The molecule has 0 amide bonds. The third-order valence-electron chi connectivity index (χ3n) is 9.22. The second kappa shape index (κ2) is 13.9. The van der Waals surface area contributed by atoms with E-state index in [0.29, 0.717) is 5.82 Å². The SMILES string of the molecule is Cc1cc(C)c(N(c2ccc(N(c3ccnc(-c4ccccc4)n3)c3ccccc3-c3ccccc3)cc2)c2c(C)cc(C)cc2C)c(C)c1. The van der Waals surface area contributed by atoms with Crippen molar-refractivity contribution in [2.45, 2.75) is 41.5 Å². The van der Waals surface area contributed by atoms with Crippen molar-refractivity contribution in [1.29, 1.82) is 0 Å². The van der Waals surface area contributed by atoms with E-state index in [0.717, 1.165) is 39.6 Å². The largest absolute Gasteiger partial charge is 0.309 e. The van der Waals surface area contributed by atoms with Crippen LogP contribution >= 0.6 is 0 Å². The molecule has 0 N–H and O–H groups in total. The first-order valence-corrected chi connectivity index (χ1v) is 17.2. The molecule has 7 rings (SSSR count). The zero-order valence-corrected chi connectivity index (χ0v) is 29.6. The van der Waals surface area contributed by atoms with E-state index in [9.17, 15) is 0 Å². The monoisotopic (exact) mass is 650 g/mol. The molecule has 50 heavy (non-hydrogen) atoms. The van der Waals surface area contributed by atoms with E-state index in [1.807, 2.05) is 30.5 Å². The molecule has 4 nitrogen and oxygen atoms in total. The lowest BCUT2D eigenvalue weighted by molar-refractivity contribution is 1.12. The Labute approximate surface area is 296 Å². The molecule has 0 radical (unpaired) electrons. The summed E-state index contributed by atoms with van der Waals surface area (Å²) in [5.41, 5.74) is 16.3. The van der Waals surface area contributed by atoms with Crippen molar-refractivity contribution >= 4 is 34.3 Å². The number of aromatic nitrogens is 2. The van der Waals surface area contributed by atoms with Gasteiger partial charge < -0.3 is 4.90 Å². The number of hydrogen-bond donors (Lipinski definition) is 0. The summed E-state index contributed by atoms with van der Waals surface area (Å²) in [5, 5.41) is 0. The molecule has 6 aromatic carbocycles. The standard InChI is InChI=1S/C46H42N4/c1-31-27-33(3)44(34(4)28-31)50(45-35(5)29-32(2)30-36(45)6)40-23-21-39(22-24-40)49(42-20-14-13-19-41(42)37-15-9-7-10-16-37)43-25-26-47-46(48-43)38-17-11-8-12-18-38/h7-30H,1-6H3. The van der Waals surface area contributed by atoms with Crippen molar-refractivity contribution in [3.8, 4) is 22.5 Å². The van der Waals surface area contributed by atoms with Crippen LogP contribution < -0.4 is 9.80 Å². The molecule has 1 heterocycles. The molecular formula is C46H42N4. The van der Waals surface area contributed by atoms with Gasteiger partial charge in [0, 0.05) is 28.7 Å². The Hall–Kier alpha value is -6.00. The van der Waals surface area contributed by atoms with Crippen molar-refractivity contribution in [1.82, 2.24) is 9.97 Å². The van der Waals surface area contributed by atoms with Crippen molar-refractivity contribution in [2.24, 2.45) is 0 Å². The highest BCUT2D eigenvalue weighted by Gasteiger charge is 2.23. The Morgan fingerprint density at radius 2 is 0.900 bits per heavy atom. The van der Waals surface area contributed by atoms with Gasteiger partial charge in [-0.3, -0.25) is 4.90 Å². The highest BCUT2D eigenvalue weighted by atomic mass is 15.2. The van der Waals surface area contributed by atoms with Gasteiger partial charge in [0.1, 0.15) is 5.82 Å². The maximum atomic E-state index is 5.15. The first-order chi connectivity index (χ1) is 24.3. The van der Waals surface area contributed by atoms with Crippen LogP contribution in [-0.4, -0.2) is 9.97 Å². The predicted molar refractivity (Wildman–Crippen MR) is 211 cm³/mol. The van der Waals surface area contributed by atoms with Gasteiger partial charge in [-0.1, -0.05) is 114 Å². The Morgan fingerprint density at radius 3 is 1.44 bits per heavy atom. The van der Waals surface area contributed by atoms with Crippen LogP contribution in [0.3, 0.4) is 0 Å². The van der Waals surface area contributed by atoms with Gasteiger partial charge >= 0.3 is 0 Å². The highest BCUT2D eigenvalue weighted by Crippen LogP contribution is 2.45. The summed E-state index contributed by atoms with van der Waals surface area (Å²) >= 11 is 0. The maximum Gasteiger partial charge on any atom is 0.161 e. The van der Waals surface area contributed by atoms with Crippen LogP contribution in [0.2, 0.25) is 0 Å². The first-order valence-electron chi connectivity index (χ1n) is 17.2. The van der Waals surface area contributed by atoms with Crippen molar-refractivity contribution < 1.29 is 0 Å². The number of hydrogen-bond acceptors (Lipinski definition) is 4. The summed E-state index contributed by atoms with van der Waals surface area (Å²) in [5.74, 6) is 1.48. The number of aryl methyl sites for hydroxylation is 6. The predicted octanol–water partition coefficient (Wildman–Crippen LogP) is 12.6. The van der Waals surface area contributed by atoms with Crippen LogP contribution in [0.4, 0.5) is 34.3 Å². The molecule has 4 heteroatoms. The number of anilines is 6. The molecule has 0 spiro atoms. The highest BCUT2D eigenvalue weighted by molar-refractivity contribution is 5.89. The van der Waals surface area contributed by atoms with Crippen molar-refractivity contribution in [3.05, 3.63) is 179 Å². The molecule has 0 aliphatic carbocycles. The van der Waals surface area contributed by atoms with Gasteiger partial charge in [0.2, 0.25) is 0 Å². The molecule has 7 aromatic rings. The smallest absolute Gasteiger partial charge is 0.161 e. The molecule has 1 aromatic heterocycles. The number of benzene rings is 6. The number of rotatable bonds is 8. The number of para-hydroxylation sites is 1. The van der Waals surface area contributed by atoms with Crippen LogP contribution in [0.1, 0.15) is 33.4 Å². The van der Waals surface area contributed by atoms with Gasteiger partial charge in [-0.15, -0.1) is 0 Å². The number of nitrogens with zero attached hydrogens (tertiary/aromatic N) is 4. The Morgan fingerprint density at radius 1 is 0.440 bits per heavy atom. The van der Waals surface area contributed by atoms with E-state index >= 15 is 0 Å². The lowest BCUT2D eigenvalue weighted by Gasteiger charge is -2.32. The average molecular weight is 651 g/mol. The van der Waals surface area contributed by atoms with Gasteiger partial charge in [-0.2, -0.15) is 0 Å². The van der Waals surface area contributed by atoms with Gasteiger partial charge in [0.05, 0.1) is 17.1 Å². The van der Waals surface area contributed by atoms with Crippen LogP contribution in [0.15, 0.2) is 146 Å². The van der Waals surface area contributed by atoms with E-state index in [2.05, 4.69) is 172 Å². The second-order valence-corrected chi connectivity index (χ2v) is 13.2. The Bertz CT molecular complexity index is 2170. The molecule has 246 valence electrons. The second-order valence-electron chi connectivity index (χ2n) is 13.2. The van der Waals surface area contributed by atoms with E-state index in [-0.39, 0.29) is 0 Å². The van der Waals surface area contributed by atoms with Gasteiger partial charge in [-0.25, -0.2) is 9.97 Å². The minimum absolute atomic E-state index is 0.684. The molecule has 0 saturated heterocycles. The minimum Gasteiger partial charge on any atom is -0.309 e. The summed E-state index contributed by atoms with van der Waals surface area (Å²) in [6.45, 7) is 13.2. The van der Waals surface area contributed by atoms with Crippen molar-refractivity contribution in [2.75, 3.05) is 9.80 Å². The summed E-state index contributed by atoms with van der Waals surface area (Å²) < 4.78 is 0. The molecule has 0 fully saturated rings. The quantitative estimate of drug-likeness (QED) is 0.164. The topological polar surface area (TPSA) is 32.3 Å². The van der Waals surface area contributed by atoms with Crippen LogP contribution in [0.25, 0.3) is 22.5 Å². The van der Waals surface area contributed by atoms with Crippen molar-refractivity contribution in [3.63, 3.8) is 0 Å². The maximum absolute atomic E-state index is 5.15.